The normalized spacial score (nSPS) is 22.8. The van der Waals surface area contributed by atoms with Gasteiger partial charge in [0.2, 0.25) is 0 Å². The Morgan fingerprint density at radius 1 is 1.56 bits per heavy atom. The molecule has 0 radical (unpaired) electrons. The number of hydrogen-bond acceptors (Lipinski definition) is 3. The van der Waals surface area contributed by atoms with E-state index < -0.39 is 5.97 Å². The maximum Gasteiger partial charge on any atom is 0.352 e. The van der Waals surface area contributed by atoms with Crippen molar-refractivity contribution in [1.82, 2.24) is 15.2 Å². The van der Waals surface area contributed by atoms with Gasteiger partial charge in [0.1, 0.15) is 5.69 Å². The summed E-state index contributed by atoms with van der Waals surface area (Å²) < 4.78 is 0. The SMILES string of the molecule is CN1CC2(CNCc3cc(C(=O)O)[nH]c32)C1. The van der Waals surface area contributed by atoms with E-state index in [1.165, 1.54) is 0 Å². The Hall–Kier alpha value is -1.33. The van der Waals surface area contributed by atoms with Crippen LogP contribution in [0, 0.1) is 0 Å². The number of hydrogen-bond donors (Lipinski definition) is 3. The second-order valence-corrected chi connectivity index (χ2v) is 4.94. The zero-order chi connectivity index (χ0) is 11.3. The molecule has 0 saturated carbocycles. The molecule has 3 N–H and O–H groups in total. The molecule has 1 aromatic rings. The lowest BCUT2D eigenvalue weighted by molar-refractivity contribution is 0.0686. The summed E-state index contributed by atoms with van der Waals surface area (Å²) in [6, 6.07) is 1.75. The monoisotopic (exact) mass is 221 g/mol. The molecule has 16 heavy (non-hydrogen) atoms. The standard InChI is InChI=1S/C11H15N3O2/c1-14-5-11(6-14)4-12-3-7-2-8(10(15)16)13-9(7)11/h2,12-13H,3-6H2,1H3,(H,15,16). The molecule has 0 aliphatic carbocycles. The summed E-state index contributed by atoms with van der Waals surface area (Å²) in [6.45, 7) is 3.69. The average molecular weight is 221 g/mol. The molecule has 86 valence electrons. The number of rotatable bonds is 1. The molecular weight excluding hydrogens is 206 g/mol. The molecule has 5 heteroatoms. The second kappa shape index (κ2) is 3.09. The number of likely N-dealkylation sites (tertiary alicyclic amines) is 1. The molecule has 0 unspecified atom stereocenters. The summed E-state index contributed by atoms with van der Waals surface area (Å²) in [7, 11) is 2.08. The van der Waals surface area contributed by atoms with Gasteiger partial charge in [0.15, 0.2) is 0 Å². The summed E-state index contributed by atoms with van der Waals surface area (Å²) in [5.41, 5.74) is 2.65. The zero-order valence-electron chi connectivity index (χ0n) is 9.21. The minimum atomic E-state index is -0.878. The summed E-state index contributed by atoms with van der Waals surface area (Å²) in [4.78, 5) is 16.3. The van der Waals surface area contributed by atoms with E-state index in [9.17, 15) is 4.79 Å². The number of fused-ring (bicyclic) bond motifs is 2. The van der Waals surface area contributed by atoms with Crippen LogP contribution in [-0.2, 0) is 12.0 Å². The summed E-state index contributed by atoms with van der Waals surface area (Å²) >= 11 is 0. The molecular formula is C11H15N3O2. The summed E-state index contributed by atoms with van der Waals surface area (Å²) in [5.74, 6) is -0.878. The molecule has 3 heterocycles. The van der Waals surface area contributed by atoms with Gasteiger partial charge in [-0.05, 0) is 18.7 Å². The van der Waals surface area contributed by atoms with Crippen LogP contribution < -0.4 is 5.32 Å². The number of carboxylic acid groups (broad SMARTS) is 1. The predicted molar refractivity (Wildman–Crippen MR) is 58.6 cm³/mol. The first-order valence-electron chi connectivity index (χ1n) is 5.46. The van der Waals surface area contributed by atoms with E-state index in [0.29, 0.717) is 5.69 Å². The lowest BCUT2D eigenvalue weighted by Gasteiger charge is -2.50. The molecule has 5 nitrogen and oxygen atoms in total. The van der Waals surface area contributed by atoms with Crippen molar-refractivity contribution in [3.05, 3.63) is 23.0 Å². The van der Waals surface area contributed by atoms with Gasteiger partial charge >= 0.3 is 5.97 Å². The number of nitrogens with one attached hydrogen (secondary N) is 2. The molecule has 0 bridgehead atoms. The fourth-order valence-electron chi connectivity index (χ4n) is 3.01. The van der Waals surface area contributed by atoms with Crippen LogP contribution >= 0.6 is 0 Å². The third-order valence-corrected chi connectivity index (χ3v) is 3.58. The van der Waals surface area contributed by atoms with Gasteiger partial charge in [0, 0.05) is 37.3 Å². The van der Waals surface area contributed by atoms with Crippen molar-refractivity contribution in [3.8, 4) is 0 Å². The van der Waals surface area contributed by atoms with Gasteiger partial charge < -0.3 is 20.3 Å². The highest BCUT2D eigenvalue weighted by molar-refractivity contribution is 5.86. The number of likely N-dealkylation sites (N-methyl/N-ethyl adjacent to an activating group) is 1. The molecule has 0 amide bonds. The average Bonchev–Trinajstić information content (AvgIpc) is 2.60. The van der Waals surface area contributed by atoms with Gasteiger partial charge in [0.25, 0.3) is 0 Å². The number of aromatic amines is 1. The van der Waals surface area contributed by atoms with Crippen molar-refractivity contribution >= 4 is 5.97 Å². The Bertz CT molecular complexity index is 446. The van der Waals surface area contributed by atoms with E-state index >= 15 is 0 Å². The molecule has 0 aromatic carbocycles. The third kappa shape index (κ3) is 1.22. The van der Waals surface area contributed by atoms with Gasteiger partial charge in [-0.15, -0.1) is 0 Å². The van der Waals surface area contributed by atoms with Crippen LogP contribution in [0.2, 0.25) is 0 Å². The maximum absolute atomic E-state index is 10.9. The maximum atomic E-state index is 10.9. The van der Waals surface area contributed by atoms with Gasteiger partial charge in [0.05, 0.1) is 0 Å². The molecule has 1 aromatic heterocycles. The van der Waals surface area contributed by atoms with Crippen molar-refractivity contribution < 1.29 is 9.90 Å². The van der Waals surface area contributed by atoms with Crippen LogP contribution in [0.15, 0.2) is 6.07 Å². The number of carbonyl (C=O) groups is 1. The van der Waals surface area contributed by atoms with Crippen LogP contribution in [0.25, 0.3) is 0 Å². The number of carboxylic acids is 1. The van der Waals surface area contributed by atoms with Gasteiger partial charge in [-0.2, -0.15) is 0 Å². The van der Waals surface area contributed by atoms with Crippen LogP contribution in [0.1, 0.15) is 21.7 Å². The first-order chi connectivity index (χ1) is 7.61. The van der Waals surface area contributed by atoms with Gasteiger partial charge in [-0.3, -0.25) is 0 Å². The number of H-pyrrole nitrogens is 1. The van der Waals surface area contributed by atoms with E-state index in [4.69, 9.17) is 5.11 Å². The molecule has 1 spiro atoms. The number of nitrogens with zero attached hydrogens (tertiary/aromatic N) is 1. The lowest BCUT2D eigenvalue weighted by Crippen LogP contribution is -2.63. The van der Waals surface area contributed by atoms with Crippen molar-refractivity contribution in [2.24, 2.45) is 0 Å². The van der Waals surface area contributed by atoms with Crippen molar-refractivity contribution in [3.63, 3.8) is 0 Å². The van der Waals surface area contributed by atoms with Crippen molar-refractivity contribution in [2.75, 3.05) is 26.7 Å². The Labute approximate surface area is 93.4 Å². The Morgan fingerprint density at radius 2 is 2.31 bits per heavy atom. The van der Waals surface area contributed by atoms with Crippen molar-refractivity contribution in [1.29, 1.82) is 0 Å². The second-order valence-electron chi connectivity index (χ2n) is 4.94. The molecule has 2 aliphatic heterocycles. The fourth-order valence-corrected chi connectivity index (χ4v) is 3.01. The first-order valence-corrected chi connectivity index (χ1v) is 5.46. The topological polar surface area (TPSA) is 68.4 Å². The highest BCUT2D eigenvalue weighted by atomic mass is 16.4. The number of aromatic nitrogens is 1. The molecule has 2 aliphatic rings. The number of aromatic carboxylic acids is 1. The lowest BCUT2D eigenvalue weighted by atomic mass is 9.74. The zero-order valence-corrected chi connectivity index (χ0v) is 9.21. The molecule has 0 atom stereocenters. The smallest absolute Gasteiger partial charge is 0.352 e. The third-order valence-electron chi connectivity index (χ3n) is 3.58. The predicted octanol–water partition coefficient (Wildman–Crippen LogP) is -0.000700. The summed E-state index contributed by atoms with van der Waals surface area (Å²) in [5, 5.41) is 12.4. The molecule has 1 saturated heterocycles. The van der Waals surface area contributed by atoms with Gasteiger partial charge in [-0.1, -0.05) is 0 Å². The van der Waals surface area contributed by atoms with E-state index in [0.717, 1.165) is 37.4 Å². The van der Waals surface area contributed by atoms with Gasteiger partial charge in [-0.25, -0.2) is 4.79 Å². The largest absolute Gasteiger partial charge is 0.477 e. The Morgan fingerprint density at radius 3 is 2.94 bits per heavy atom. The van der Waals surface area contributed by atoms with Crippen LogP contribution in [0.4, 0.5) is 0 Å². The highest BCUT2D eigenvalue weighted by Crippen LogP contribution is 2.37. The van der Waals surface area contributed by atoms with E-state index in [-0.39, 0.29) is 5.41 Å². The highest BCUT2D eigenvalue weighted by Gasteiger charge is 2.46. The van der Waals surface area contributed by atoms with E-state index in [1.807, 2.05) is 0 Å². The Balaban J connectivity index is 2.02. The fraction of sp³-hybridized carbons (Fsp3) is 0.545. The minimum absolute atomic E-state index is 0.107. The van der Waals surface area contributed by atoms with Crippen molar-refractivity contribution in [2.45, 2.75) is 12.0 Å². The molecule has 3 rings (SSSR count). The van der Waals surface area contributed by atoms with Crippen LogP contribution in [0.3, 0.4) is 0 Å². The van der Waals surface area contributed by atoms with Crippen LogP contribution in [0.5, 0.6) is 0 Å². The first kappa shape index (κ1) is 9.86. The van der Waals surface area contributed by atoms with Crippen LogP contribution in [-0.4, -0.2) is 47.6 Å². The van der Waals surface area contributed by atoms with E-state index in [2.05, 4.69) is 22.2 Å². The Kier molecular flexibility index (Phi) is 1.90. The summed E-state index contributed by atoms with van der Waals surface area (Å²) in [6.07, 6.45) is 0. The van der Waals surface area contributed by atoms with E-state index in [1.54, 1.807) is 6.07 Å². The minimum Gasteiger partial charge on any atom is -0.477 e. The quantitative estimate of drug-likeness (QED) is 0.624. The molecule has 1 fully saturated rings.